The van der Waals surface area contributed by atoms with Crippen LogP contribution < -0.4 is 4.74 Å². The van der Waals surface area contributed by atoms with Crippen LogP contribution in [0.15, 0.2) is 48.5 Å². The fourth-order valence-corrected chi connectivity index (χ4v) is 7.23. The van der Waals surface area contributed by atoms with Crippen LogP contribution in [0.1, 0.15) is 57.4 Å². The number of esters is 1. The van der Waals surface area contributed by atoms with Gasteiger partial charge in [-0.1, -0.05) is 24.3 Å². The summed E-state index contributed by atoms with van der Waals surface area (Å²) in [7, 11) is -4.02. The Kier molecular flexibility index (Phi) is 15.8. The van der Waals surface area contributed by atoms with E-state index in [4.69, 9.17) is 32.3 Å². The maximum atomic E-state index is 12.8. The second-order valence-electron chi connectivity index (χ2n) is 7.69. The summed E-state index contributed by atoms with van der Waals surface area (Å²) < 4.78 is 62.1. The standard InChI is InChI=1S/C14H21O6P.C12H19O5P/c1-5-18-21(16,19-6-2)14(17-4)12-8-7-9-13(10-12)20-11(3)15;1-4-16-18(14,17-5-2)12(15-3)10-7-6-8-11(13)9-10/h7-10,14H,5-6H2,1-4H3;6-9,12-13H,4-5H2,1-3H3. The molecular formula is C26H40O11P2. The predicted molar refractivity (Wildman–Crippen MR) is 147 cm³/mol. The van der Waals surface area contributed by atoms with Gasteiger partial charge < -0.3 is 37.4 Å². The smallest absolute Gasteiger partial charge is 0.363 e. The Labute approximate surface area is 230 Å². The maximum absolute atomic E-state index is 12.8. The fraction of sp³-hybridized carbons (Fsp3) is 0.500. The molecule has 0 amide bonds. The molecule has 0 saturated heterocycles. The molecule has 0 aliphatic carbocycles. The van der Waals surface area contributed by atoms with Crippen molar-refractivity contribution >= 4 is 21.2 Å². The van der Waals surface area contributed by atoms with E-state index in [2.05, 4.69) is 0 Å². The molecule has 2 unspecified atom stereocenters. The monoisotopic (exact) mass is 590 g/mol. The SMILES string of the molecule is CCOP(=O)(OCC)C(OC)c1cccc(O)c1.CCOP(=O)(OCC)C(OC)c1cccc(OC(C)=O)c1. The van der Waals surface area contributed by atoms with Crippen LogP contribution in [0, 0.1) is 0 Å². The molecule has 0 aromatic heterocycles. The summed E-state index contributed by atoms with van der Waals surface area (Å²) in [6.45, 7) is 9.24. The molecule has 0 aliphatic rings. The molecule has 13 heteroatoms. The van der Waals surface area contributed by atoms with Crippen molar-refractivity contribution in [2.75, 3.05) is 40.6 Å². The average Bonchev–Trinajstić information content (AvgIpc) is 2.86. The van der Waals surface area contributed by atoms with Crippen LogP contribution in [0.25, 0.3) is 0 Å². The Bertz CT molecular complexity index is 1090. The first-order valence-electron chi connectivity index (χ1n) is 12.4. The Morgan fingerprint density at radius 3 is 1.51 bits per heavy atom. The van der Waals surface area contributed by atoms with Crippen LogP contribution in [0.5, 0.6) is 11.5 Å². The highest BCUT2D eigenvalue weighted by molar-refractivity contribution is 7.54. The molecule has 0 saturated carbocycles. The van der Waals surface area contributed by atoms with Gasteiger partial charge in [-0.25, -0.2) is 0 Å². The first kappa shape index (κ1) is 35.0. The van der Waals surface area contributed by atoms with E-state index in [1.54, 1.807) is 64.1 Å². The van der Waals surface area contributed by atoms with E-state index in [1.165, 1.54) is 33.3 Å². The van der Waals surface area contributed by atoms with Crippen molar-refractivity contribution in [3.8, 4) is 11.5 Å². The number of ether oxygens (including phenoxy) is 3. The third-order valence-electron chi connectivity index (χ3n) is 4.82. The van der Waals surface area contributed by atoms with E-state index in [1.807, 2.05) is 0 Å². The second kappa shape index (κ2) is 17.6. The van der Waals surface area contributed by atoms with Crippen LogP contribution in [0.3, 0.4) is 0 Å². The molecule has 0 radical (unpaired) electrons. The summed E-state index contributed by atoms with van der Waals surface area (Å²) in [5, 5.41) is 9.46. The highest BCUT2D eigenvalue weighted by Gasteiger charge is 2.38. The number of hydrogen-bond donors (Lipinski definition) is 1. The summed E-state index contributed by atoms with van der Waals surface area (Å²) in [5.41, 5.74) is 1.12. The summed E-state index contributed by atoms with van der Waals surface area (Å²) in [4.78, 5) is 11.0. The van der Waals surface area contributed by atoms with Crippen LogP contribution in [-0.2, 0) is 41.5 Å². The van der Waals surface area contributed by atoms with Crippen molar-refractivity contribution in [2.24, 2.45) is 0 Å². The predicted octanol–water partition coefficient (Wildman–Crippen LogP) is 6.83. The lowest BCUT2D eigenvalue weighted by Gasteiger charge is -2.25. The van der Waals surface area contributed by atoms with Gasteiger partial charge in [0, 0.05) is 21.1 Å². The summed E-state index contributed by atoms with van der Waals surface area (Å²) in [6.07, 6.45) is 0. The van der Waals surface area contributed by atoms with Crippen LogP contribution in [-0.4, -0.2) is 51.7 Å². The van der Waals surface area contributed by atoms with Crippen LogP contribution in [0.2, 0.25) is 0 Å². The number of carbonyl (C=O) groups is 1. The minimum atomic E-state index is -3.47. The maximum Gasteiger partial charge on any atom is 0.363 e. The Hall–Kier alpha value is -2.07. The highest BCUT2D eigenvalue weighted by Crippen LogP contribution is 2.62. The lowest BCUT2D eigenvalue weighted by Crippen LogP contribution is -2.09. The Morgan fingerprint density at radius 2 is 1.15 bits per heavy atom. The topological polar surface area (TPSA) is 136 Å². The number of phenolic OH excluding ortho intramolecular Hbond substituents is 1. The molecular weight excluding hydrogens is 550 g/mol. The molecule has 0 fully saturated rings. The number of hydrogen-bond acceptors (Lipinski definition) is 11. The summed E-state index contributed by atoms with van der Waals surface area (Å²) >= 11 is 0. The number of methoxy groups -OCH3 is 2. The van der Waals surface area contributed by atoms with Gasteiger partial charge in [-0.2, -0.15) is 0 Å². The van der Waals surface area contributed by atoms with Crippen LogP contribution >= 0.6 is 15.2 Å². The minimum absolute atomic E-state index is 0.0779. The van der Waals surface area contributed by atoms with Gasteiger partial charge in [0.15, 0.2) is 11.7 Å². The first-order valence-corrected chi connectivity index (χ1v) is 15.7. The third kappa shape index (κ3) is 10.8. The quantitative estimate of drug-likeness (QED) is 0.133. The van der Waals surface area contributed by atoms with Gasteiger partial charge in [-0.05, 0) is 63.1 Å². The molecule has 0 heterocycles. The highest BCUT2D eigenvalue weighted by atomic mass is 31.2. The molecule has 220 valence electrons. The second-order valence-corrected chi connectivity index (χ2v) is 11.8. The largest absolute Gasteiger partial charge is 0.508 e. The Morgan fingerprint density at radius 1 is 0.744 bits per heavy atom. The van der Waals surface area contributed by atoms with E-state index in [0.717, 1.165) is 0 Å². The van der Waals surface area contributed by atoms with Gasteiger partial charge >= 0.3 is 21.2 Å². The summed E-state index contributed by atoms with van der Waals surface area (Å²) in [6, 6.07) is 13.0. The van der Waals surface area contributed by atoms with Gasteiger partial charge in [-0.15, -0.1) is 0 Å². The van der Waals surface area contributed by atoms with Crippen molar-refractivity contribution < 1.29 is 51.3 Å². The van der Waals surface area contributed by atoms with Crippen molar-refractivity contribution in [2.45, 2.75) is 46.3 Å². The molecule has 2 rings (SSSR count). The summed E-state index contributed by atoms with van der Waals surface area (Å²) in [5.74, 6) is -1.73. The number of rotatable bonds is 15. The third-order valence-corrected chi connectivity index (χ3v) is 9.46. The van der Waals surface area contributed by atoms with E-state index < -0.39 is 32.9 Å². The fourth-order valence-electron chi connectivity index (χ4n) is 3.54. The lowest BCUT2D eigenvalue weighted by atomic mass is 10.2. The van der Waals surface area contributed by atoms with Gasteiger partial charge in [0.05, 0.1) is 26.4 Å². The van der Waals surface area contributed by atoms with E-state index >= 15 is 0 Å². The van der Waals surface area contributed by atoms with Crippen molar-refractivity contribution in [1.82, 2.24) is 0 Å². The molecule has 2 atom stereocenters. The zero-order valence-electron chi connectivity index (χ0n) is 23.5. The molecule has 2 aromatic rings. The molecule has 2 aromatic carbocycles. The molecule has 0 aliphatic heterocycles. The average molecular weight is 591 g/mol. The van der Waals surface area contributed by atoms with Gasteiger partial charge in [0.1, 0.15) is 11.5 Å². The molecule has 0 spiro atoms. The first-order chi connectivity index (χ1) is 18.5. The normalized spacial score (nSPS) is 13.2. The minimum Gasteiger partial charge on any atom is -0.508 e. The van der Waals surface area contributed by atoms with Crippen LogP contribution in [0.4, 0.5) is 0 Å². The van der Waals surface area contributed by atoms with Gasteiger partial charge in [-0.3, -0.25) is 13.9 Å². The van der Waals surface area contributed by atoms with Crippen molar-refractivity contribution in [3.63, 3.8) is 0 Å². The number of phenols is 1. The molecule has 11 nitrogen and oxygen atoms in total. The number of aromatic hydroxyl groups is 1. The van der Waals surface area contributed by atoms with E-state index in [-0.39, 0.29) is 32.2 Å². The van der Waals surface area contributed by atoms with Crippen molar-refractivity contribution in [1.29, 1.82) is 0 Å². The van der Waals surface area contributed by atoms with Crippen molar-refractivity contribution in [3.05, 3.63) is 59.7 Å². The number of carbonyl (C=O) groups excluding carboxylic acids is 1. The number of benzene rings is 2. The zero-order chi connectivity index (χ0) is 29.5. The Balaban J connectivity index is 0.000000395. The van der Waals surface area contributed by atoms with E-state index in [0.29, 0.717) is 16.9 Å². The van der Waals surface area contributed by atoms with Gasteiger partial charge in [0.2, 0.25) is 0 Å². The van der Waals surface area contributed by atoms with Gasteiger partial charge in [0.25, 0.3) is 0 Å². The molecule has 0 bridgehead atoms. The van der Waals surface area contributed by atoms with E-state index in [9.17, 15) is 19.0 Å². The molecule has 1 N–H and O–H groups in total. The lowest BCUT2D eigenvalue weighted by molar-refractivity contribution is -0.131. The zero-order valence-corrected chi connectivity index (χ0v) is 25.3. The molecule has 39 heavy (non-hydrogen) atoms.